The number of carbonyl (C=O) groups excluding carboxylic acids is 1. The lowest BCUT2D eigenvalue weighted by Crippen LogP contribution is -2.23. The normalized spacial score (nSPS) is 15.6. The van der Waals surface area contributed by atoms with Gasteiger partial charge in [-0.25, -0.2) is 0 Å². The molecule has 0 radical (unpaired) electrons. The van der Waals surface area contributed by atoms with E-state index in [1.165, 1.54) is 0 Å². The molecule has 0 saturated heterocycles. The van der Waals surface area contributed by atoms with Crippen LogP contribution in [0.3, 0.4) is 0 Å². The summed E-state index contributed by atoms with van der Waals surface area (Å²) in [7, 11) is 0. The summed E-state index contributed by atoms with van der Waals surface area (Å²) in [4.78, 5) is 12.4. The number of aromatic nitrogens is 1. The van der Waals surface area contributed by atoms with Crippen LogP contribution in [0.2, 0.25) is 0 Å². The second-order valence-electron chi connectivity index (χ2n) is 9.88. The molecule has 0 amide bonds. The third kappa shape index (κ3) is 5.28. The van der Waals surface area contributed by atoms with Crippen LogP contribution in [0.4, 0.5) is 0 Å². The second-order valence-corrected chi connectivity index (χ2v) is 9.88. The molecule has 1 fully saturated rings. The summed E-state index contributed by atoms with van der Waals surface area (Å²) in [5.41, 5.74) is 6.10. The van der Waals surface area contributed by atoms with Gasteiger partial charge in [0.15, 0.2) is 12.1 Å². The number of rotatable bonds is 10. The number of hydrogen-bond acceptors (Lipinski definition) is 6. The predicted octanol–water partition coefficient (Wildman–Crippen LogP) is 6.55. The fourth-order valence-electron chi connectivity index (χ4n) is 4.92. The summed E-state index contributed by atoms with van der Waals surface area (Å²) >= 11 is 0. The van der Waals surface area contributed by atoms with Crippen LogP contribution >= 0.6 is 0 Å². The van der Waals surface area contributed by atoms with Crippen molar-refractivity contribution in [2.75, 3.05) is 6.61 Å². The van der Waals surface area contributed by atoms with Gasteiger partial charge in [0.2, 0.25) is 0 Å². The molecule has 1 aliphatic carbocycles. The Hall–Kier alpha value is -3.74. The quantitative estimate of drug-likeness (QED) is 0.192. The van der Waals surface area contributed by atoms with Crippen LogP contribution in [0.1, 0.15) is 55.2 Å². The Kier molecular flexibility index (Phi) is 7.45. The van der Waals surface area contributed by atoms with Gasteiger partial charge in [0.05, 0.1) is 23.8 Å². The number of aryl methyl sites for hydroxylation is 1. The van der Waals surface area contributed by atoms with E-state index < -0.39 is 11.7 Å². The Morgan fingerprint density at radius 2 is 1.58 bits per heavy atom. The summed E-state index contributed by atoms with van der Waals surface area (Å²) in [5, 5.41) is 14.8. The molecule has 1 N–H and O–H groups in total. The van der Waals surface area contributed by atoms with Crippen LogP contribution < -0.4 is 0 Å². The Balaban J connectivity index is 1.28. The van der Waals surface area contributed by atoms with E-state index in [1.54, 1.807) is 0 Å². The molecular weight excluding hydrogens is 478 g/mol. The van der Waals surface area contributed by atoms with Crippen LogP contribution in [0.25, 0.3) is 22.5 Å². The summed E-state index contributed by atoms with van der Waals surface area (Å²) in [5.74, 6) is 0.504. The van der Waals surface area contributed by atoms with E-state index in [0.29, 0.717) is 12.4 Å². The van der Waals surface area contributed by atoms with Gasteiger partial charge in [0, 0.05) is 17.5 Å². The van der Waals surface area contributed by atoms with E-state index in [2.05, 4.69) is 17.3 Å². The standard InChI is InChI=1S/C32H33NO5/c1-4-36-31(35)32(18-19-32)27-16-14-25(15-17-27)24-10-12-26(13-11-24)30-28(21(2)33-38-30)20-29(34)37-22(3)23-8-6-5-7-9-23/h5-17,22,29,34H,4,18-20H2,1-3H3/t22-,29+/m1/s1. The van der Waals surface area contributed by atoms with E-state index in [9.17, 15) is 9.90 Å². The largest absolute Gasteiger partial charge is 0.465 e. The molecule has 6 nitrogen and oxygen atoms in total. The Labute approximate surface area is 223 Å². The highest BCUT2D eigenvalue weighted by molar-refractivity contribution is 5.87. The van der Waals surface area contributed by atoms with Gasteiger partial charge in [-0.05, 0) is 55.9 Å². The number of benzene rings is 3. The lowest BCUT2D eigenvalue weighted by molar-refractivity contribution is -0.146. The molecule has 3 aromatic carbocycles. The van der Waals surface area contributed by atoms with E-state index in [1.807, 2.05) is 87.5 Å². The maximum atomic E-state index is 12.4. The van der Waals surface area contributed by atoms with Crippen LogP contribution in [-0.4, -0.2) is 29.1 Å². The SMILES string of the molecule is CCOC(=O)C1(c2ccc(-c3ccc(-c4onc(C)c4C[C@@H](O)O[C@H](C)c4ccccc4)cc3)cc2)CC1. The van der Waals surface area contributed by atoms with Gasteiger partial charge < -0.3 is 19.1 Å². The molecular formula is C32H33NO5. The van der Waals surface area contributed by atoms with Gasteiger partial charge >= 0.3 is 5.97 Å². The molecule has 0 bridgehead atoms. The first-order chi connectivity index (χ1) is 18.4. The maximum absolute atomic E-state index is 12.4. The number of nitrogens with zero attached hydrogens (tertiary/aromatic N) is 1. The molecule has 4 aromatic rings. The van der Waals surface area contributed by atoms with Gasteiger partial charge in [-0.1, -0.05) is 84.0 Å². The smallest absolute Gasteiger partial charge is 0.316 e. The Morgan fingerprint density at radius 1 is 0.974 bits per heavy atom. The van der Waals surface area contributed by atoms with Crippen molar-refractivity contribution < 1.29 is 23.9 Å². The molecule has 1 aromatic heterocycles. The zero-order valence-electron chi connectivity index (χ0n) is 22.0. The minimum absolute atomic E-state index is 0.125. The van der Waals surface area contributed by atoms with Gasteiger partial charge in [-0.15, -0.1) is 0 Å². The number of aliphatic hydroxyl groups excluding tert-OH is 1. The first kappa shape index (κ1) is 25.9. The molecule has 38 heavy (non-hydrogen) atoms. The average molecular weight is 512 g/mol. The van der Waals surface area contributed by atoms with Crippen LogP contribution in [-0.2, 0) is 26.1 Å². The lowest BCUT2D eigenvalue weighted by Gasteiger charge is -2.18. The zero-order chi connectivity index (χ0) is 26.7. The summed E-state index contributed by atoms with van der Waals surface area (Å²) in [6.07, 6.45) is 0.706. The summed E-state index contributed by atoms with van der Waals surface area (Å²) in [6, 6.07) is 26.0. The fourth-order valence-corrected chi connectivity index (χ4v) is 4.92. The van der Waals surface area contributed by atoms with Gasteiger partial charge in [0.25, 0.3) is 0 Å². The second kappa shape index (κ2) is 10.9. The van der Waals surface area contributed by atoms with Crippen molar-refractivity contribution in [2.24, 2.45) is 0 Å². The number of carbonyl (C=O) groups is 1. The fraction of sp³-hybridized carbons (Fsp3) is 0.312. The molecule has 6 heteroatoms. The van der Waals surface area contributed by atoms with E-state index in [0.717, 1.165) is 51.9 Å². The van der Waals surface area contributed by atoms with Crippen LogP contribution in [0.5, 0.6) is 0 Å². The molecule has 0 spiro atoms. The monoisotopic (exact) mass is 511 g/mol. The predicted molar refractivity (Wildman–Crippen MR) is 145 cm³/mol. The van der Waals surface area contributed by atoms with E-state index >= 15 is 0 Å². The summed E-state index contributed by atoms with van der Waals surface area (Å²) < 4.78 is 16.8. The molecule has 1 saturated carbocycles. The van der Waals surface area contributed by atoms with Gasteiger partial charge in [-0.2, -0.15) is 0 Å². The Bertz CT molecular complexity index is 1370. The molecule has 5 rings (SSSR count). The number of esters is 1. The van der Waals surface area contributed by atoms with E-state index in [-0.39, 0.29) is 18.5 Å². The van der Waals surface area contributed by atoms with Crippen molar-refractivity contribution >= 4 is 5.97 Å². The topological polar surface area (TPSA) is 81.8 Å². The Morgan fingerprint density at radius 3 is 2.18 bits per heavy atom. The molecule has 1 aliphatic rings. The third-order valence-electron chi connectivity index (χ3n) is 7.33. The number of ether oxygens (including phenoxy) is 2. The minimum atomic E-state index is -0.996. The highest BCUT2D eigenvalue weighted by Crippen LogP contribution is 2.49. The molecule has 0 aliphatic heterocycles. The maximum Gasteiger partial charge on any atom is 0.316 e. The van der Waals surface area contributed by atoms with Crippen LogP contribution in [0.15, 0.2) is 83.4 Å². The highest BCUT2D eigenvalue weighted by atomic mass is 16.6. The minimum Gasteiger partial charge on any atom is -0.465 e. The summed E-state index contributed by atoms with van der Waals surface area (Å²) in [6.45, 7) is 6.03. The van der Waals surface area contributed by atoms with Crippen molar-refractivity contribution in [2.45, 2.75) is 57.8 Å². The number of aliphatic hydroxyl groups is 1. The van der Waals surface area contributed by atoms with Crippen molar-refractivity contribution in [3.8, 4) is 22.5 Å². The van der Waals surface area contributed by atoms with Crippen molar-refractivity contribution in [3.05, 3.63) is 101 Å². The average Bonchev–Trinajstić information content (AvgIpc) is 3.68. The van der Waals surface area contributed by atoms with E-state index in [4.69, 9.17) is 14.0 Å². The first-order valence-electron chi connectivity index (χ1n) is 13.1. The van der Waals surface area contributed by atoms with Crippen molar-refractivity contribution in [3.63, 3.8) is 0 Å². The highest BCUT2D eigenvalue weighted by Gasteiger charge is 2.52. The molecule has 196 valence electrons. The molecule has 1 heterocycles. The number of hydrogen-bond donors (Lipinski definition) is 1. The third-order valence-corrected chi connectivity index (χ3v) is 7.33. The van der Waals surface area contributed by atoms with Gasteiger partial charge in [-0.3, -0.25) is 4.79 Å². The zero-order valence-corrected chi connectivity index (χ0v) is 22.0. The lowest BCUT2D eigenvalue weighted by atomic mass is 9.93. The molecule has 0 unspecified atom stereocenters. The van der Waals surface area contributed by atoms with Gasteiger partial charge in [0.1, 0.15) is 0 Å². The van der Waals surface area contributed by atoms with Crippen LogP contribution in [0, 0.1) is 6.92 Å². The molecule has 2 atom stereocenters. The first-order valence-corrected chi connectivity index (χ1v) is 13.1. The van der Waals surface area contributed by atoms with Crippen molar-refractivity contribution in [1.82, 2.24) is 5.16 Å². The van der Waals surface area contributed by atoms with Crippen molar-refractivity contribution in [1.29, 1.82) is 0 Å².